The largest absolute Gasteiger partial charge is 0.444 e. The number of ether oxygens (including phenoxy) is 2. The molecule has 3 fully saturated rings. The number of rotatable bonds is 7. The van der Waals surface area contributed by atoms with Gasteiger partial charge in [-0.2, -0.15) is 5.26 Å². The van der Waals surface area contributed by atoms with Gasteiger partial charge in [-0.15, -0.1) is 11.8 Å². The molecule has 3 atom stereocenters. The van der Waals surface area contributed by atoms with Crippen LogP contribution in [0.1, 0.15) is 78.4 Å². The predicted molar refractivity (Wildman–Crippen MR) is 187 cm³/mol. The first-order valence-corrected chi connectivity index (χ1v) is 17.9. The van der Waals surface area contributed by atoms with Gasteiger partial charge >= 0.3 is 12.2 Å². The molecule has 5 rings (SSSR count). The first kappa shape index (κ1) is 37.3. The summed E-state index contributed by atoms with van der Waals surface area (Å²) in [6.07, 6.45) is 2.16. The predicted octanol–water partition coefficient (Wildman–Crippen LogP) is 7.28. The van der Waals surface area contributed by atoms with Crippen molar-refractivity contribution in [2.75, 3.05) is 31.8 Å². The van der Waals surface area contributed by atoms with Crippen LogP contribution in [0.3, 0.4) is 0 Å². The number of fused-ring (bicyclic) bond motifs is 2. The Hall–Kier alpha value is -3.55. The van der Waals surface area contributed by atoms with Crippen LogP contribution in [-0.2, 0) is 20.7 Å². The third-order valence-electron chi connectivity index (χ3n) is 8.06. The Morgan fingerprint density at radius 3 is 2.40 bits per heavy atom. The normalized spacial score (nSPS) is 18.4. The van der Waals surface area contributed by atoms with Crippen molar-refractivity contribution in [1.82, 2.24) is 14.8 Å². The van der Waals surface area contributed by atoms with Crippen molar-refractivity contribution >= 4 is 62.4 Å². The van der Waals surface area contributed by atoms with Gasteiger partial charge in [-0.1, -0.05) is 11.8 Å². The Kier molecular flexibility index (Phi) is 11.3. The standard InChI is InChI=1S/C35H43BrFN5O5S/c1-34(2,3)46-32(44)41-19-21-18-24(41)29(21)42(33(45)47-35(4,5)6)30-22(14-10-11-15-25(43)40(7)8)31(48-9)39-28-23(30)17-20(13-12-16-38)26(36)27(28)37/h17,21,24,29H,11-13,15,18-19H2,1-9H3/t21-,24-,29?/m1/s1. The Bertz CT molecular complexity index is 1720. The highest BCUT2D eigenvalue weighted by Crippen LogP contribution is 2.49. The molecule has 1 aromatic carbocycles. The maximum atomic E-state index is 16.2. The molecule has 2 aliphatic heterocycles. The van der Waals surface area contributed by atoms with E-state index in [1.807, 2.05) is 0 Å². The number of benzene rings is 1. The molecule has 3 aliphatic rings. The zero-order valence-electron chi connectivity index (χ0n) is 29.0. The summed E-state index contributed by atoms with van der Waals surface area (Å²) >= 11 is 4.63. The van der Waals surface area contributed by atoms with Crippen LogP contribution in [0.5, 0.6) is 0 Å². The van der Waals surface area contributed by atoms with Crippen molar-refractivity contribution in [2.45, 2.75) is 102 Å². The molecule has 0 radical (unpaired) electrons. The van der Waals surface area contributed by atoms with Crippen molar-refractivity contribution in [3.8, 4) is 17.9 Å². The number of carbonyl (C=O) groups is 3. The number of hydrogen-bond acceptors (Lipinski definition) is 8. The Labute approximate surface area is 294 Å². The fourth-order valence-corrected chi connectivity index (χ4v) is 6.99. The fourth-order valence-electron chi connectivity index (χ4n) is 5.96. The lowest BCUT2D eigenvalue weighted by molar-refractivity contribution is -0.128. The third-order valence-corrected chi connectivity index (χ3v) is 9.60. The van der Waals surface area contributed by atoms with Gasteiger partial charge in [0.1, 0.15) is 21.7 Å². The van der Waals surface area contributed by atoms with Gasteiger partial charge in [0.05, 0.1) is 33.9 Å². The van der Waals surface area contributed by atoms with E-state index in [-0.39, 0.29) is 53.5 Å². The number of nitrogens with zero attached hydrogens (tertiary/aromatic N) is 5. The van der Waals surface area contributed by atoms with E-state index in [1.54, 1.807) is 72.9 Å². The summed E-state index contributed by atoms with van der Waals surface area (Å²) in [7, 11) is 3.35. The van der Waals surface area contributed by atoms with Crippen molar-refractivity contribution in [3.63, 3.8) is 0 Å². The summed E-state index contributed by atoms with van der Waals surface area (Å²) in [5, 5.41) is 10.0. The van der Waals surface area contributed by atoms with Crippen molar-refractivity contribution in [2.24, 2.45) is 5.92 Å². The minimum atomic E-state index is -0.876. The van der Waals surface area contributed by atoms with E-state index in [0.29, 0.717) is 40.2 Å². The molecule has 2 bridgehead atoms. The SMILES string of the molecule is CSc1nc2c(F)c(Br)c(CCC#N)cc2c(N(C(=O)OC(C)(C)C)C2[C@@H]3C[C@H]2N(C(=O)OC(C)(C)C)C3)c1C#CCCC(=O)N(C)C. The summed E-state index contributed by atoms with van der Waals surface area (Å²) in [5.41, 5.74) is -0.312. The zero-order chi connectivity index (χ0) is 35.7. The summed E-state index contributed by atoms with van der Waals surface area (Å²) in [6.45, 7) is 11.1. The fraction of sp³-hybridized carbons (Fsp3) is 0.571. The molecule has 2 aromatic rings. The maximum absolute atomic E-state index is 16.2. The lowest BCUT2D eigenvalue weighted by Gasteiger charge is -2.44. The quantitative estimate of drug-likeness (QED) is 0.215. The van der Waals surface area contributed by atoms with Crippen LogP contribution in [-0.4, -0.2) is 83.1 Å². The molecule has 48 heavy (non-hydrogen) atoms. The lowest BCUT2D eigenvalue weighted by Crippen LogP contribution is -2.59. The molecular weight excluding hydrogens is 701 g/mol. The average Bonchev–Trinajstić information content (AvgIpc) is 3.58. The van der Waals surface area contributed by atoms with E-state index in [0.717, 1.165) is 0 Å². The second-order valence-corrected chi connectivity index (χ2v) is 15.8. The summed E-state index contributed by atoms with van der Waals surface area (Å²) in [4.78, 5) is 49.4. The summed E-state index contributed by atoms with van der Waals surface area (Å²) < 4.78 is 28.1. The van der Waals surface area contributed by atoms with Gasteiger partial charge in [0.15, 0.2) is 5.82 Å². The number of anilines is 1. The van der Waals surface area contributed by atoms with E-state index in [1.165, 1.54) is 21.6 Å². The molecule has 1 saturated carbocycles. The van der Waals surface area contributed by atoms with Crippen molar-refractivity contribution < 1.29 is 28.2 Å². The number of aryl methyl sites for hydroxylation is 1. The van der Waals surface area contributed by atoms with Gasteiger partial charge in [-0.3, -0.25) is 9.69 Å². The van der Waals surface area contributed by atoms with Gasteiger partial charge in [-0.25, -0.2) is 19.0 Å². The van der Waals surface area contributed by atoms with Crippen LogP contribution in [0, 0.1) is 34.9 Å². The van der Waals surface area contributed by atoms with Gasteiger partial charge in [0.25, 0.3) is 0 Å². The average molecular weight is 745 g/mol. The number of thioether (sulfide) groups is 1. The molecule has 10 nitrogen and oxygen atoms in total. The molecule has 13 heteroatoms. The first-order valence-electron chi connectivity index (χ1n) is 15.8. The maximum Gasteiger partial charge on any atom is 0.415 e. The first-order chi connectivity index (χ1) is 22.4. The summed E-state index contributed by atoms with van der Waals surface area (Å²) in [6, 6.07) is 2.96. The summed E-state index contributed by atoms with van der Waals surface area (Å²) in [5.74, 6) is 5.47. The van der Waals surface area contributed by atoms with Crippen LogP contribution in [0.4, 0.5) is 19.7 Å². The van der Waals surface area contributed by atoms with E-state index >= 15 is 4.39 Å². The molecule has 1 aromatic heterocycles. The molecule has 2 saturated heterocycles. The molecule has 0 N–H and O–H groups in total. The van der Waals surface area contributed by atoms with Crippen LogP contribution in [0.15, 0.2) is 15.6 Å². The minimum absolute atomic E-state index is 0.0273. The number of amides is 3. The second-order valence-electron chi connectivity index (χ2n) is 14.2. The number of pyridine rings is 1. The van der Waals surface area contributed by atoms with Crippen LogP contribution in [0.2, 0.25) is 0 Å². The van der Waals surface area contributed by atoms with E-state index < -0.39 is 35.2 Å². The molecule has 3 heterocycles. The molecule has 258 valence electrons. The second kappa shape index (κ2) is 14.5. The van der Waals surface area contributed by atoms with Crippen LogP contribution in [0.25, 0.3) is 10.9 Å². The Morgan fingerprint density at radius 2 is 1.81 bits per heavy atom. The van der Waals surface area contributed by atoms with Gasteiger partial charge in [-0.05, 0) is 88.2 Å². The number of nitriles is 1. The van der Waals surface area contributed by atoms with Crippen molar-refractivity contribution in [1.29, 1.82) is 5.26 Å². The number of hydrogen-bond donors (Lipinski definition) is 0. The molecule has 0 spiro atoms. The molecule has 1 aliphatic carbocycles. The highest BCUT2D eigenvalue weighted by atomic mass is 79.9. The smallest absolute Gasteiger partial charge is 0.415 e. The van der Waals surface area contributed by atoms with Gasteiger partial charge < -0.3 is 19.3 Å². The van der Waals surface area contributed by atoms with E-state index in [4.69, 9.17) is 9.47 Å². The third kappa shape index (κ3) is 8.01. The Morgan fingerprint density at radius 1 is 1.15 bits per heavy atom. The van der Waals surface area contributed by atoms with Gasteiger partial charge in [0.2, 0.25) is 5.91 Å². The number of carbonyl (C=O) groups excluding carboxylic acids is 3. The van der Waals surface area contributed by atoms with Crippen LogP contribution >= 0.6 is 27.7 Å². The van der Waals surface area contributed by atoms with Crippen LogP contribution < -0.4 is 4.90 Å². The zero-order valence-corrected chi connectivity index (χ0v) is 31.4. The molecular formula is C35H43BrFN5O5S. The highest BCUT2D eigenvalue weighted by molar-refractivity contribution is 9.10. The Balaban J connectivity index is 2.00. The topological polar surface area (TPSA) is 116 Å². The van der Waals surface area contributed by atoms with Crippen molar-refractivity contribution in [3.05, 3.63) is 27.5 Å². The lowest BCUT2D eigenvalue weighted by atomic mass is 9.78. The highest BCUT2D eigenvalue weighted by Gasteiger charge is 2.59. The van der Waals surface area contributed by atoms with Gasteiger partial charge in [0, 0.05) is 51.2 Å². The minimum Gasteiger partial charge on any atom is -0.444 e. The molecule has 1 unspecified atom stereocenters. The monoisotopic (exact) mass is 743 g/mol. The number of halogens is 2. The van der Waals surface area contributed by atoms with E-state index in [2.05, 4.69) is 38.8 Å². The van der Waals surface area contributed by atoms with E-state index in [9.17, 15) is 19.6 Å². The molecule has 3 amide bonds. The number of aromatic nitrogens is 1.